The molecule has 0 saturated heterocycles. The summed E-state index contributed by atoms with van der Waals surface area (Å²) in [7, 11) is 0. The Balaban J connectivity index is 1.75. The third kappa shape index (κ3) is 4.64. The summed E-state index contributed by atoms with van der Waals surface area (Å²) in [4.78, 5) is 19.9. The zero-order valence-corrected chi connectivity index (χ0v) is 14.8. The molecule has 0 aliphatic rings. The number of carbonyl (C=O) groups excluding carboxylic acids is 1. The van der Waals surface area contributed by atoms with Crippen molar-refractivity contribution in [3.63, 3.8) is 0 Å². The molecule has 0 unspecified atom stereocenters. The molecule has 1 amide bonds. The van der Waals surface area contributed by atoms with E-state index in [4.69, 9.17) is 16.3 Å². The molecule has 0 bridgehead atoms. The number of nitrogens with zero attached hydrogens (tertiary/aromatic N) is 2. The summed E-state index contributed by atoms with van der Waals surface area (Å²) in [6, 6.07) is 5.97. The average Bonchev–Trinajstić information content (AvgIpc) is 2.85. The maximum absolute atomic E-state index is 13.3. The maximum Gasteiger partial charge on any atom is 0.418 e. The van der Waals surface area contributed by atoms with Crippen LogP contribution < -0.4 is 15.4 Å². The van der Waals surface area contributed by atoms with Gasteiger partial charge in [-0.1, -0.05) is 22.9 Å². The molecule has 1 aromatic carbocycles. The largest absolute Gasteiger partial charge is 0.418 e. The van der Waals surface area contributed by atoms with Crippen LogP contribution in [0.3, 0.4) is 0 Å². The fourth-order valence-electron chi connectivity index (χ4n) is 2.02. The molecule has 2 heterocycles. The SMILES string of the molecule is Cc1nc(OC(=O)Nc2ccnc(Cl)c2)c(Nc2cc(F)cc(F)c2)s1. The van der Waals surface area contributed by atoms with Crippen LogP contribution in [0.15, 0.2) is 36.5 Å². The van der Waals surface area contributed by atoms with Crippen molar-refractivity contribution in [2.75, 3.05) is 10.6 Å². The zero-order chi connectivity index (χ0) is 18.7. The van der Waals surface area contributed by atoms with E-state index in [1.165, 1.54) is 29.7 Å². The van der Waals surface area contributed by atoms with Crippen molar-refractivity contribution in [1.29, 1.82) is 0 Å². The number of aryl methyl sites for hydroxylation is 1. The van der Waals surface area contributed by atoms with Gasteiger partial charge < -0.3 is 10.1 Å². The Morgan fingerprint density at radius 2 is 1.92 bits per heavy atom. The zero-order valence-electron chi connectivity index (χ0n) is 13.2. The van der Waals surface area contributed by atoms with Gasteiger partial charge in [-0.3, -0.25) is 5.32 Å². The third-order valence-electron chi connectivity index (χ3n) is 2.99. The van der Waals surface area contributed by atoms with E-state index < -0.39 is 17.7 Å². The van der Waals surface area contributed by atoms with E-state index >= 15 is 0 Å². The molecule has 2 aromatic heterocycles. The van der Waals surface area contributed by atoms with Gasteiger partial charge in [0.2, 0.25) is 0 Å². The molecule has 6 nitrogen and oxygen atoms in total. The summed E-state index contributed by atoms with van der Waals surface area (Å²) >= 11 is 6.92. The van der Waals surface area contributed by atoms with Gasteiger partial charge in [-0.2, -0.15) is 0 Å². The summed E-state index contributed by atoms with van der Waals surface area (Å²) in [5.41, 5.74) is 0.556. The normalized spacial score (nSPS) is 10.5. The molecule has 2 N–H and O–H groups in total. The highest BCUT2D eigenvalue weighted by atomic mass is 35.5. The van der Waals surface area contributed by atoms with E-state index in [0.717, 1.165) is 18.2 Å². The fourth-order valence-corrected chi connectivity index (χ4v) is 2.97. The Hall–Kier alpha value is -2.78. The number of amides is 1. The van der Waals surface area contributed by atoms with E-state index in [-0.39, 0.29) is 16.7 Å². The number of thiazole rings is 1. The standard InChI is InChI=1S/C16H11ClF2N4O2S/c1-8-21-14(25-16(24)23-11-2-3-20-13(17)7-11)15(26-8)22-12-5-9(18)4-10(19)6-12/h2-7,22H,1H3,(H,20,23,24). The first-order valence-corrected chi connectivity index (χ1v) is 8.39. The highest BCUT2D eigenvalue weighted by Crippen LogP contribution is 2.34. The van der Waals surface area contributed by atoms with Crippen molar-refractivity contribution in [3.8, 4) is 5.88 Å². The van der Waals surface area contributed by atoms with Crippen LogP contribution in [0, 0.1) is 18.6 Å². The fraction of sp³-hybridized carbons (Fsp3) is 0.0625. The van der Waals surface area contributed by atoms with Gasteiger partial charge in [0.25, 0.3) is 5.88 Å². The summed E-state index contributed by atoms with van der Waals surface area (Å²) in [6.45, 7) is 1.70. The van der Waals surface area contributed by atoms with Gasteiger partial charge >= 0.3 is 6.09 Å². The lowest BCUT2D eigenvalue weighted by molar-refractivity contribution is 0.214. The molecule has 0 aliphatic heterocycles. The number of anilines is 3. The van der Waals surface area contributed by atoms with Crippen molar-refractivity contribution >= 4 is 45.4 Å². The summed E-state index contributed by atoms with van der Waals surface area (Å²) in [5, 5.41) is 6.41. The number of rotatable bonds is 4. The van der Waals surface area contributed by atoms with Gasteiger partial charge in [-0.15, -0.1) is 0 Å². The van der Waals surface area contributed by atoms with Gasteiger partial charge in [0.05, 0.1) is 5.01 Å². The number of halogens is 3. The van der Waals surface area contributed by atoms with E-state index in [2.05, 4.69) is 20.6 Å². The molecule has 0 radical (unpaired) electrons. The topological polar surface area (TPSA) is 76.1 Å². The lowest BCUT2D eigenvalue weighted by Gasteiger charge is -2.08. The summed E-state index contributed by atoms with van der Waals surface area (Å²) < 4.78 is 31.8. The van der Waals surface area contributed by atoms with Crippen molar-refractivity contribution in [3.05, 3.63) is 58.3 Å². The van der Waals surface area contributed by atoms with E-state index in [1.807, 2.05) is 0 Å². The van der Waals surface area contributed by atoms with Crippen LogP contribution in [-0.4, -0.2) is 16.1 Å². The van der Waals surface area contributed by atoms with Gasteiger partial charge in [0.1, 0.15) is 16.8 Å². The summed E-state index contributed by atoms with van der Waals surface area (Å²) in [6.07, 6.45) is 0.627. The lowest BCUT2D eigenvalue weighted by atomic mass is 10.3. The molecule has 3 rings (SSSR count). The number of carbonyl (C=O) groups is 1. The number of hydrogen-bond donors (Lipinski definition) is 2. The molecule has 0 fully saturated rings. The third-order valence-corrected chi connectivity index (χ3v) is 4.06. The number of hydrogen-bond acceptors (Lipinski definition) is 6. The molecule has 0 aliphatic carbocycles. The first kappa shape index (κ1) is 18.0. The number of ether oxygens (including phenoxy) is 1. The smallest absolute Gasteiger partial charge is 0.388 e. The van der Waals surface area contributed by atoms with Crippen LogP contribution in [0.25, 0.3) is 0 Å². The number of pyridine rings is 1. The molecule has 0 atom stereocenters. The highest BCUT2D eigenvalue weighted by molar-refractivity contribution is 7.16. The van der Waals surface area contributed by atoms with Crippen molar-refractivity contribution < 1.29 is 18.3 Å². The Kier molecular flexibility index (Phi) is 5.29. The highest BCUT2D eigenvalue weighted by Gasteiger charge is 2.16. The molecular weight excluding hydrogens is 386 g/mol. The predicted molar refractivity (Wildman–Crippen MR) is 95.4 cm³/mol. The van der Waals surface area contributed by atoms with Gasteiger partial charge in [-0.05, 0) is 31.2 Å². The quantitative estimate of drug-likeness (QED) is 0.598. The molecule has 26 heavy (non-hydrogen) atoms. The van der Waals surface area contributed by atoms with Crippen molar-refractivity contribution in [2.24, 2.45) is 0 Å². The number of nitrogens with one attached hydrogen (secondary N) is 2. The van der Waals surface area contributed by atoms with E-state index in [0.29, 0.717) is 15.7 Å². The van der Waals surface area contributed by atoms with Crippen LogP contribution in [0.5, 0.6) is 5.88 Å². The van der Waals surface area contributed by atoms with E-state index in [9.17, 15) is 13.6 Å². The second-order valence-electron chi connectivity index (χ2n) is 5.03. The first-order valence-electron chi connectivity index (χ1n) is 7.20. The van der Waals surface area contributed by atoms with Gasteiger partial charge in [-0.25, -0.2) is 23.5 Å². The Labute approximate surface area is 155 Å². The van der Waals surface area contributed by atoms with Crippen LogP contribution in [0.4, 0.5) is 30.0 Å². The Morgan fingerprint density at radius 3 is 2.62 bits per heavy atom. The molecule has 0 saturated carbocycles. The van der Waals surface area contributed by atoms with Crippen LogP contribution in [0.1, 0.15) is 5.01 Å². The van der Waals surface area contributed by atoms with Crippen molar-refractivity contribution in [2.45, 2.75) is 6.92 Å². The average molecular weight is 397 g/mol. The first-order chi connectivity index (χ1) is 12.4. The van der Waals surface area contributed by atoms with Crippen LogP contribution >= 0.6 is 22.9 Å². The van der Waals surface area contributed by atoms with Gasteiger partial charge in [0, 0.05) is 23.6 Å². The van der Waals surface area contributed by atoms with Crippen molar-refractivity contribution in [1.82, 2.24) is 9.97 Å². The molecule has 134 valence electrons. The van der Waals surface area contributed by atoms with Crippen LogP contribution in [0.2, 0.25) is 5.15 Å². The molecule has 3 aromatic rings. The number of aromatic nitrogens is 2. The predicted octanol–water partition coefficient (Wildman–Crippen LogP) is 5.13. The maximum atomic E-state index is 13.3. The monoisotopic (exact) mass is 396 g/mol. The molecule has 0 spiro atoms. The second kappa shape index (κ2) is 7.63. The number of benzene rings is 1. The lowest BCUT2D eigenvalue weighted by Crippen LogP contribution is -2.17. The molecular formula is C16H11ClF2N4O2S. The minimum Gasteiger partial charge on any atom is -0.388 e. The Morgan fingerprint density at radius 1 is 1.19 bits per heavy atom. The minimum absolute atomic E-state index is 0.0187. The summed E-state index contributed by atoms with van der Waals surface area (Å²) in [5.74, 6) is -1.48. The minimum atomic E-state index is -0.800. The second-order valence-corrected chi connectivity index (χ2v) is 6.62. The van der Waals surface area contributed by atoms with Gasteiger partial charge in [0.15, 0.2) is 5.00 Å². The van der Waals surface area contributed by atoms with Crippen LogP contribution in [-0.2, 0) is 0 Å². The van der Waals surface area contributed by atoms with E-state index in [1.54, 1.807) is 6.92 Å². The molecule has 10 heteroatoms. The Bertz CT molecular complexity index is 947.